The normalized spacial score (nSPS) is 20.0. The molecule has 1 N–H and O–H groups in total. The van der Waals surface area contributed by atoms with E-state index in [-0.39, 0.29) is 11.8 Å². The van der Waals surface area contributed by atoms with E-state index < -0.39 is 0 Å². The third-order valence-corrected chi connectivity index (χ3v) is 5.75. The van der Waals surface area contributed by atoms with Crippen molar-refractivity contribution in [3.05, 3.63) is 24.3 Å². The lowest BCUT2D eigenvalue weighted by Crippen LogP contribution is -2.44. The van der Waals surface area contributed by atoms with E-state index in [0.29, 0.717) is 18.4 Å². The number of hydrogen-bond donors (Lipinski definition) is 1. The molecule has 0 saturated carbocycles. The Balaban J connectivity index is 1.32. The van der Waals surface area contributed by atoms with Crippen LogP contribution >= 0.6 is 0 Å². The average Bonchev–Trinajstić information content (AvgIpc) is 3.46. The molecule has 29 heavy (non-hydrogen) atoms. The Kier molecular flexibility index (Phi) is 6.29. The molecule has 0 radical (unpaired) electrons. The smallest absolute Gasteiger partial charge is 0.324 e. The molecule has 0 spiro atoms. The van der Waals surface area contributed by atoms with Gasteiger partial charge in [0.1, 0.15) is 5.75 Å². The summed E-state index contributed by atoms with van der Waals surface area (Å²) in [6.45, 7) is 5.40. The minimum Gasteiger partial charge on any atom is -0.497 e. The standard InChI is InChI=1S/C21H29N5O3/c1-28-18-8-6-16(7-9-18)19-23-21(29-24-19)26-13-4-5-17(15-26)20(27)22-10-14-25-11-2-3-12-25/h6-9,17H,2-5,10-15H2,1H3,(H,22,27)/t17-/m0/s1. The quantitative estimate of drug-likeness (QED) is 0.764. The molecule has 1 amide bonds. The highest BCUT2D eigenvalue weighted by atomic mass is 16.5. The van der Waals surface area contributed by atoms with Gasteiger partial charge in [-0.3, -0.25) is 4.79 Å². The van der Waals surface area contributed by atoms with Crippen LogP contribution in [0, 0.1) is 5.92 Å². The van der Waals surface area contributed by atoms with Gasteiger partial charge in [0.25, 0.3) is 0 Å². The molecule has 8 nitrogen and oxygen atoms in total. The number of amides is 1. The van der Waals surface area contributed by atoms with Crippen LogP contribution in [-0.4, -0.2) is 67.3 Å². The first-order valence-electron chi connectivity index (χ1n) is 10.5. The summed E-state index contributed by atoms with van der Waals surface area (Å²) in [5.74, 6) is 1.41. The molecule has 156 valence electrons. The van der Waals surface area contributed by atoms with Crippen molar-refractivity contribution >= 4 is 11.9 Å². The van der Waals surface area contributed by atoms with E-state index in [0.717, 1.165) is 56.9 Å². The van der Waals surface area contributed by atoms with Crippen LogP contribution in [0.25, 0.3) is 11.4 Å². The number of carbonyl (C=O) groups excluding carboxylic acids is 1. The van der Waals surface area contributed by atoms with E-state index in [2.05, 4.69) is 20.4 Å². The first-order valence-corrected chi connectivity index (χ1v) is 10.5. The van der Waals surface area contributed by atoms with Crippen molar-refractivity contribution in [1.29, 1.82) is 0 Å². The number of aromatic nitrogens is 2. The molecule has 2 aromatic rings. The Labute approximate surface area is 171 Å². The van der Waals surface area contributed by atoms with E-state index >= 15 is 0 Å². The van der Waals surface area contributed by atoms with E-state index in [1.54, 1.807) is 7.11 Å². The number of piperidine rings is 1. The van der Waals surface area contributed by atoms with Gasteiger partial charge in [-0.15, -0.1) is 0 Å². The minimum atomic E-state index is -0.0429. The number of likely N-dealkylation sites (tertiary alicyclic amines) is 1. The van der Waals surface area contributed by atoms with Gasteiger partial charge in [0.05, 0.1) is 13.0 Å². The lowest BCUT2D eigenvalue weighted by atomic mass is 9.97. The van der Waals surface area contributed by atoms with Crippen LogP contribution in [0.1, 0.15) is 25.7 Å². The molecule has 2 saturated heterocycles. The van der Waals surface area contributed by atoms with Crippen molar-refractivity contribution in [2.24, 2.45) is 5.92 Å². The highest BCUT2D eigenvalue weighted by molar-refractivity contribution is 5.79. The second-order valence-electron chi connectivity index (χ2n) is 7.75. The topological polar surface area (TPSA) is 83.7 Å². The van der Waals surface area contributed by atoms with Gasteiger partial charge in [0.15, 0.2) is 0 Å². The molecule has 1 aromatic carbocycles. The molecule has 2 aliphatic rings. The molecule has 0 unspecified atom stereocenters. The minimum absolute atomic E-state index is 0.0429. The molecule has 0 aliphatic carbocycles. The number of carbonyl (C=O) groups is 1. The molecule has 3 heterocycles. The Morgan fingerprint density at radius 3 is 2.76 bits per heavy atom. The predicted molar refractivity (Wildman–Crippen MR) is 110 cm³/mol. The summed E-state index contributed by atoms with van der Waals surface area (Å²) in [5, 5.41) is 7.21. The van der Waals surface area contributed by atoms with Crippen molar-refractivity contribution in [2.45, 2.75) is 25.7 Å². The van der Waals surface area contributed by atoms with Crippen LogP contribution in [0.2, 0.25) is 0 Å². The van der Waals surface area contributed by atoms with Crippen LogP contribution in [-0.2, 0) is 4.79 Å². The maximum atomic E-state index is 12.6. The van der Waals surface area contributed by atoms with E-state index in [9.17, 15) is 4.79 Å². The summed E-state index contributed by atoms with van der Waals surface area (Å²) >= 11 is 0. The largest absolute Gasteiger partial charge is 0.497 e. The Bertz CT molecular complexity index is 801. The lowest BCUT2D eigenvalue weighted by molar-refractivity contribution is -0.125. The van der Waals surface area contributed by atoms with Crippen LogP contribution < -0.4 is 15.0 Å². The third kappa shape index (κ3) is 4.87. The van der Waals surface area contributed by atoms with E-state index in [4.69, 9.17) is 9.26 Å². The molecular weight excluding hydrogens is 370 g/mol. The van der Waals surface area contributed by atoms with Gasteiger partial charge in [-0.2, -0.15) is 4.98 Å². The molecule has 2 aliphatic heterocycles. The lowest BCUT2D eigenvalue weighted by Gasteiger charge is -2.30. The number of rotatable bonds is 7. The maximum absolute atomic E-state index is 12.6. The molecule has 1 atom stereocenters. The summed E-state index contributed by atoms with van der Waals surface area (Å²) < 4.78 is 10.7. The average molecular weight is 399 g/mol. The number of ether oxygens (including phenoxy) is 1. The van der Waals surface area contributed by atoms with Crippen molar-refractivity contribution in [3.63, 3.8) is 0 Å². The van der Waals surface area contributed by atoms with Crippen LogP contribution in [0.5, 0.6) is 5.75 Å². The Morgan fingerprint density at radius 1 is 1.21 bits per heavy atom. The van der Waals surface area contributed by atoms with Crippen LogP contribution in [0.3, 0.4) is 0 Å². The van der Waals surface area contributed by atoms with Crippen LogP contribution in [0.15, 0.2) is 28.8 Å². The first-order chi connectivity index (χ1) is 14.2. The fourth-order valence-corrected chi connectivity index (χ4v) is 4.05. The highest BCUT2D eigenvalue weighted by Gasteiger charge is 2.28. The van der Waals surface area contributed by atoms with Crippen molar-refractivity contribution in [1.82, 2.24) is 20.4 Å². The molecule has 2 fully saturated rings. The zero-order valence-corrected chi connectivity index (χ0v) is 17.0. The third-order valence-electron chi connectivity index (χ3n) is 5.75. The van der Waals surface area contributed by atoms with Gasteiger partial charge in [-0.25, -0.2) is 0 Å². The van der Waals surface area contributed by atoms with E-state index in [1.165, 1.54) is 12.8 Å². The maximum Gasteiger partial charge on any atom is 0.324 e. The molecule has 1 aromatic heterocycles. The molecule has 4 rings (SSSR count). The van der Waals surface area contributed by atoms with Gasteiger partial charge < -0.3 is 24.4 Å². The number of nitrogens with one attached hydrogen (secondary N) is 1. The van der Waals surface area contributed by atoms with Crippen molar-refractivity contribution in [2.75, 3.05) is 51.3 Å². The summed E-state index contributed by atoms with van der Waals surface area (Å²) in [7, 11) is 1.64. The van der Waals surface area contributed by atoms with Gasteiger partial charge >= 0.3 is 6.01 Å². The summed E-state index contributed by atoms with van der Waals surface area (Å²) in [4.78, 5) is 21.6. The fraction of sp³-hybridized carbons (Fsp3) is 0.571. The van der Waals surface area contributed by atoms with Crippen molar-refractivity contribution < 1.29 is 14.1 Å². The summed E-state index contributed by atoms with van der Waals surface area (Å²) in [6, 6.07) is 8.02. The zero-order valence-electron chi connectivity index (χ0n) is 17.0. The fourth-order valence-electron chi connectivity index (χ4n) is 4.05. The number of methoxy groups -OCH3 is 1. The second-order valence-corrected chi connectivity index (χ2v) is 7.75. The number of benzene rings is 1. The first kappa shape index (κ1) is 19.7. The number of anilines is 1. The summed E-state index contributed by atoms with van der Waals surface area (Å²) in [6.07, 6.45) is 4.37. The van der Waals surface area contributed by atoms with Crippen LogP contribution in [0.4, 0.5) is 6.01 Å². The molecule has 0 bridgehead atoms. The van der Waals surface area contributed by atoms with Gasteiger partial charge in [0, 0.05) is 31.7 Å². The zero-order chi connectivity index (χ0) is 20.1. The van der Waals surface area contributed by atoms with Gasteiger partial charge in [0.2, 0.25) is 11.7 Å². The van der Waals surface area contributed by atoms with Gasteiger partial charge in [-0.05, 0) is 63.0 Å². The predicted octanol–water partition coefficient (Wildman–Crippen LogP) is 2.17. The molecule has 8 heteroatoms. The SMILES string of the molecule is COc1ccc(-c2noc(N3CCC[C@H](C(=O)NCCN4CCCC4)C3)n2)cc1. The van der Waals surface area contributed by atoms with E-state index in [1.807, 2.05) is 29.2 Å². The number of nitrogens with zero attached hydrogens (tertiary/aromatic N) is 4. The molecular formula is C21H29N5O3. The number of hydrogen-bond acceptors (Lipinski definition) is 7. The van der Waals surface area contributed by atoms with Crippen molar-refractivity contribution in [3.8, 4) is 17.1 Å². The monoisotopic (exact) mass is 399 g/mol. The Morgan fingerprint density at radius 2 is 2.00 bits per heavy atom. The highest BCUT2D eigenvalue weighted by Crippen LogP contribution is 2.25. The second kappa shape index (κ2) is 9.26. The van der Waals surface area contributed by atoms with Gasteiger partial charge in [-0.1, -0.05) is 5.16 Å². The Hall–Kier alpha value is -2.61. The summed E-state index contributed by atoms with van der Waals surface area (Å²) in [5.41, 5.74) is 0.869.